The molecule has 1 N–H and O–H groups in total. The number of aryl methyl sites for hydroxylation is 2. The Hall–Kier alpha value is -2.59. The normalized spacial score (nSPS) is 13.2. The third-order valence-electron chi connectivity index (χ3n) is 5.37. The Labute approximate surface area is 193 Å². The van der Waals surface area contributed by atoms with Crippen molar-refractivity contribution in [2.75, 3.05) is 19.4 Å². The zero-order valence-electron chi connectivity index (χ0n) is 17.8. The number of amides is 1. The van der Waals surface area contributed by atoms with Gasteiger partial charge in [-0.25, -0.2) is 4.98 Å². The molecule has 0 spiro atoms. The van der Waals surface area contributed by atoms with Gasteiger partial charge in [-0.05, 0) is 49.8 Å². The van der Waals surface area contributed by atoms with Crippen molar-refractivity contribution in [3.63, 3.8) is 0 Å². The predicted molar refractivity (Wildman–Crippen MR) is 123 cm³/mol. The van der Waals surface area contributed by atoms with Gasteiger partial charge in [0.2, 0.25) is 5.91 Å². The summed E-state index contributed by atoms with van der Waals surface area (Å²) in [6.07, 6.45) is 6.47. The molecule has 3 heterocycles. The minimum atomic E-state index is -0.299. The van der Waals surface area contributed by atoms with E-state index < -0.39 is 0 Å². The monoisotopic (exact) mass is 475 g/mol. The van der Waals surface area contributed by atoms with Crippen LogP contribution in [0.5, 0.6) is 0 Å². The number of methoxy groups -OCH3 is 1. The fourth-order valence-corrected chi connectivity index (χ4v) is 5.90. The number of thiophene rings is 1. The van der Waals surface area contributed by atoms with Gasteiger partial charge in [0, 0.05) is 17.8 Å². The first-order valence-electron chi connectivity index (χ1n) is 10.6. The van der Waals surface area contributed by atoms with Crippen LogP contribution in [0.1, 0.15) is 41.9 Å². The molecule has 0 saturated heterocycles. The highest BCUT2D eigenvalue weighted by Crippen LogP contribution is 2.34. The molecule has 8 nitrogen and oxygen atoms in total. The number of rotatable bonds is 9. The average Bonchev–Trinajstić information content (AvgIpc) is 3.44. The fraction of sp³-hybridized carbons (Fsp3) is 0.455. The van der Waals surface area contributed by atoms with Gasteiger partial charge in [-0.1, -0.05) is 11.8 Å². The van der Waals surface area contributed by atoms with E-state index in [-0.39, 0.29) is 36.2 Å². The van der Waals surface area contributed by atoms with E-state index >= 15 is 0 Å². The number of hydrogen-bond donors (Lipinski definition) is 1. The molecule has 0 aromatic carbocycles. The standard InChI is InChI=1S/C22H25N3O5S2/c1-29-18(27)9-4-10-23-17(26)13-31-22-24-20-19(15-7-2-3-8-16(15)32-20)21(28)25(22)12-14-6-5-11-30-14/h5-6,11H,2-4,7-10,12-13H2,1H3,(H,23,26). The maximum atomic E-state index is 13.5. The molecule has 0 aliphatic heterocycles. The topological polar surface area (TPSA) is 103 Å². The zero-order valence-corrected chi connectivity index (χ0v) is 19.5. The van der Waals surface area contributed by atoms with Gasteiger partial charge in [0.15, 0.2) is 5.16 Å². The van der Waals surface area contributed by atoms with Crippen LogP contribution in [0, 0.1) is 0 Å². The Kier molecular flexibility index (Phi) is 7.31. The number of furan rings is 1. The summed E-state index contributed by atoms with van der Waals surface area (Å²) in [5, 5.41) is 4.01. The molecule has 1 aliphatic rings. The molecule has 0 radical (unpaired) electrons. The summed E-state index contributed by atoms with van der Waals surface area (Å²) in [4.78, 5) is 43.7. The number of thioether (sulfide) groups is 1. The minimum absolute atomic E-state index is 0.0770. The molecule has 170 valence electrons. The molecule has 0 unspecified atom stereocenters. The van der Waals surface area contributed by atoms with Crippen LogP contribution in [0.25, 0.3) is 10.2 Å². The summed E-state index contributed by atoms with van der Waals surface area (Å²) >= 11 is 2.83. The van der Waals surface area contributed by atoms with Gasteiger partial charge in [0.1, 0.15) is 10.6 Å². The molecule has 1 aliphatic carbocycles. The Bertz CT molecular complexity index is 1170. The van der Waals surface area contributed by atoms with Gasteiger partial charge in [-0.3, -0.25) is 19.0 Å². The largest absolute Gasteiger partial charge is 0.469 e. The molecule has 0 fully saturated rings. The SMILES string of the molecule is COC(=O)CCCNC(=O)CSc1nc2sc3c(c2c(=O)n1Cc1ccco1)CCCC3. The van der Waals surface area contributed by atoms with Gasteiger partial charge >= 0.3 is 5.97 Å². The lowest BCUT2D eigenvalue weighted by Gasteiger charge is -2.13. The van der Waals surface area contributed by atoms with Crippen molar-refractivity contribution in [3.05, 3.63) is 45.0 Å². The molecule has 3 aromatic rings. The van der Waals surface area contributed by atoms with Crippen molar-refractivity contribution in [1.29, 1.82) is 0 Å². The van der Waals surface area contributed by atoms with Crippen molar-refractivity contribution in [2.45, 2.75) is 50.2 Å². The van der Waals surface area contributed by atoms with E-state index in [0.29, 0.717) is 29.3 Å². The molecule has 1 amide bonds. The highest BCUT2D eigenvalue weighted by atomic mass is 32.2. The molecule has 10 heteroatoms. The minimum Gasteiger partial charge on any atom is -0.469 e. The highest BCUT2D eigenvalue weighted by Gasteiger charge is 2.23. The van der Waals surface area contributed by atoms with Gasteiger partial charge < -0.3 is 14.5 Å². The van der Waals surface area contributed by atoms with Gasteiger partial charge in [0.05, 0.1) is 31.1 Å². The van der Waals surface area contributed by atoms with Crippen LogP contribution in [0.3, 0.4) is 0 Å². The summed E-state index contributed by atoms with van der Waals surface area (Å²) in [7, 11) is 1.34. The van der Waals surface area contributed by atoms with Crippen LogP contribution in [0.15, 0.2) is 32.8 Å². The van der Waals surface area contributed by atoms with E-state index in [1.54, 1.807) is 28.2 Å². The Morgan fingerprint density at radius 2 is 2.19 bits per heavy atom. The summed E-state index contributed by atoms with van der Waals surface area (Å²) in [6.45, 7) is 0.653. The van der Waals surface area contributed by atoms with Crippen molar-refractivity contribution in [2.24, 2.45) is 0 Å². The van der Waals surface area contributed by atoms with E-state index in [9.17, 15) is 14.4 Å². The highest BCUT2D eigenvalue weighted by molar-refractivity contribution is 7.99. The Morgan fingerprint density at radius 3 is 2.97 bits per heavy atom. The molecular weight excluding hydrogens is 450 g/mol. The zero-order chi connectivity index (χ0) is 22.5. The number of nitrogens with one attached hydrogen (secondary N) is 1. The number of aromatic nitrogens is 2. The summed E-state index contributed by atoms with van der Waals surface area (Å²) in [5.74, 6) is 0.307. The molecular formula is C22H25N3O5S2. The maximum absolute atomic E-state index is 13.5. The first kappa shape index (κ1) is 22.6. The Balaban J connectivity index is 1.53. The van der Waals surface area contributed by atoms with Crippen molar-refractivity contribution < 1.29 is 18.7 Å². The van der Waals surface area contributed by atoms with Gasteiger partial charge in [0.25, 0.3) is 5.56 Å². The second-order valence-electron chi connectivity index (χ2n) is 7.57. The van der Waals surface area contributed by atoms with Crippen LogP contribution >= 0.6 is 23.1 Å². The fourth-order valence-electron chi connectivity index (χ4n) is 3.77. The first-order chi connectivity index (χ1) is 15.6. The summed E-state index contributed by atoms with van der Waals surface area (Å²) in [5.41, 5.74) is 1.06. The van der Waals surface area contributed by atoms with Gasteiger partial charge in [-0.2, -0.15) is 0 Å². The third-order valence-corrected chi connectivity index (χ3v) is 7.54. The maximum Gasteiger partial charge on any atom is 0.305 e. The number of esters is 1. The number of fused-ring (bicyclic) bond motifs is 3. The summed E-state index contributed by atoms with van der Waals surface area (Å²) in [6, 6.07) is 3.61. The van der Waals surface area contributed by atoms with E-state index in [4.69, 9.17) is 9.40 Å². The Morgan fingerprint density at radius 1 is 1.34 bits per heavy atom. The molecule has 32 heavy (non-hydrogen) atoms. The van der Waals surface area contributed by atoms with Crippen molar-refractivity contribution in [3.8, 4) is 0 Å². The van der Waals surface area contributed by atoms with Crippen LogP contribution < -0.4 is 10.9 Å². The molecule has 0 atom stereocenters. The lowest BCUT2D eigenvalue weighted by molar-refractivity contribution is -0.140. The smallest absolute Gasteiger partial charge is 0.305 e. The van der Waals surface area contributed by atoms with Crippen LogP contribution in [-0.4, -0.2) is 40.8 Å². The van der Waals surface area contributed by atoms with E-state index in [0.717, 1.165) is 36.1 Å². The van der Waals surface area contributed by atoms with E-state index in [2.05, 4.69) is 10.1 Å². The van der Waals surface area contributed by atoms with Gasteiger partial charge in [-0.15, -0.1) is 11.3 Å². The van der Waals surface area contributed by atoms with Crippen molar-refractivity contribution in [1.82, 2.24) is 14.9 Å². The summed E-state index contributed by atoms with van der Waals surface area (Å²) < 4.78 is 11.7. The lowest BCUT2D eigenvalue weighted by atomic mass is 9.97. The van der Waals surface area contributed by atoms with E-state index in [1.807, 2.05) is 6.07 Å². The van der Waals surface area contributed by atoms with Crippen molar-refractivity contribution >= 4 is 45.2 Å². The second-order valence-corrected chi connectivity index (χ2v) is 9.60. The number of hydrogen-bond acceptors (Lipinski definition) is 8. The number of carbonyl (C=O) groups is 2. The molecule has 0 saturated carbocycles. The molecule has 0 bridgehead atoms. The van der Waals surface area contributed by atoms with Crippen LogP contribution in [-0.2, 0) is 33.7 Å². The number of ether oxygens (including phenoxy) is 1. The first-order valence-corrected chi connectivity index (χ1v) is 12.4. The van der Waals surface area contributed by atoms with Crippen LogP contribution in [0.4, 0.5) is 0 Å². The second kappa shape index (κ2) is 10.4. The number of nitrogens with zero attached hydrogens (tertiary/aromatic N) is 2. The predicted octanol–water partition coefficient (Wildman–Crippen LogP) is 3.14. The van der Waals surface area contributed by atoms with Crippen LogP contribution in [0.2, 0.25) is 0 Å². The lowest BCUT2D eigenvalue weighted by Crippen LogP contribution is -2.28. The average molecular weight is 476 g/mol. The quantitative estimate of drug-likeness (QED) is 0.219. The van der Waals surface area contributed by atoms with E-state index in [1.165, 1.54) is 23.7 Å². The number of carbonyl (C=O) groups excluding carboxylic acids is 2. The molecule has 4 rings (SSSR count). The molecule has 3 aromatic heterocycles. The third kappa shape index (κ3) is 5.07.